The minimum Gasteiger partial charge on any atom is -0.147 e. The van der Waals surface area contributed by atoms with Gasteiger partial charge < -0.3 is 0 Å². The fraction of sp³-hybridized carbons (Fsp3) is 1.00. The van der Waals surface area contributed by atoms with Gasteiger partial charge in [-0.2, -0.15) is 0 Å². The van der Waals surface area contributed by atoms with Gasteiger partial charge >= 0.3 is 0 Å². The van der Waals surface area contributed by atoms with E-state index in [1.54, 1.807) is 0 Å². The second-order valence-electron chi connectivity index (χ2n) is 2.21. The zero-order valence-corrected chi connectivity index (χ0v) is 14.0. The average molecular weight is 280 g/mol. The molecule has 5 heteroatoms. The molecule has 0 heterocycles. The molecule has 0 N–H and O–H groups in total. The van der Waals surface area contributed by atoms with E-state index in [1.165, 1.54) is 21.1 Å². The molecule has 0 saturated carbocycles. The number of halogens is 3. The van der Waals surface area contributed by atoms with Gasteiger partial charge in [0.05, 0.1) is 0 Å². The SMILES string of the molecule is C[CH2][Al][CH2]C.C[CH2][Al][CH2]C.Cl.Cl.Cl. The van der Waals surface area contributed by atoms with Crippen LogP contribution in [0, 0.1) is 0 Å². The molecule has 0 rings (SSSR count). The topological polar surface area (TPSA) is 0 Å². The van der Waals surface area contributed by atoms with E-state index < -0.39 is 0 Å². The molecular weight excluding hydrogens is 256 g/mol. The maximum absolute atomic E-state index is 2.25. The van der Waals surface area contributed by atoms with Gasteiger partial charge in [-0.3, -0.25) is 0 Å². The second-order valence-corrected chi connectivity index (χ2v) is 6.63. The Morgan fingerprint density at radius 3 is 0.692 bits per heavy atom. The maximum atomic E-state index is 2.25. The summed E-state index contributed by atoms with van der Waals surface area (Å²) < 4.78 is 0. The van der Waals surface area contributed by atoms with Gasteiger partial charge in [-0.05, 0) is 0 Å². The number of hydrogen-bond donors (Lipinski definition) is 0. The van der Waals surface area contributed by atoms with Crippen molar-refractivity contribution in [3.8, 4) is 0 Å². The summed E-state index contributed by atoms with van der Waals surface area (Å²) in [7, 11) is 0. The Morgan fingerprint density at radius 2 is 0.692 bits per heavy atom. The van der Waals surface area contributed by atoms with Crippen LogP contribution in [0.25, 0.3) is 0 Å². The van der Waals surface area contributed by atoms with Gasteiger partial charge in [-0.15, -0.1) is 58.4 Å². The van der Waals surface area contributed by atoms with Crippen LogP contribution in [0.4, 0.5) is 0 Å². The third-order valence-electron chi connectivity index (χ3n) is 1.15. The summed E-state index contributed by atoms with van der Waals surface area (Å²) >= 11 is 1.63. The lowest BCUT2D eigenvalue weighted by molar-refractivity contribution is 1.36. The van der Waals surface area contributed by atoms with E-state index in [0.717, 1.165) is 30.4 Å². The molecule has 0 aromatic rings. The summed E-state index contributed by atoms with van der Waals surface area (Å²) in [5.41, 5.74) is 0. The van der Waals surface area contributed by atoms with E-state index >= 15 is 0 Å². The van der Waals surface area contributed by atoms with Crippen molar-refractivity contribution in [3.63, 3.8) is 0 Å². The predicted octanol–water partition coefficient (Wildman–Crippen LogP) is 4.40. The molecule has 2 radical (unpaired) electrons. The zero-order chi connectivity index (χ0) is 8.24. The molecule has 0 fully saturated rings. The fourth-order valence-corrected chi connectivity index (χ4v) is 1.73. The van der Waals surface area contributed by atoms with E-state index in [2.05, 4.69) is 27.7 Å². The van der Waals surface area contributed by atoms with Crippen LogP contribution in [0.5, 0.6) is 0 Å². The molecule has 0 aromatic heterocycles. The normalized spacial score (nSPS) is 5.85. The third kappa shape index (κ3) is 56.4. The maximum Gasteiger partial charge on any atom is 0.198 e. The lowest BCUT2D eigenvalue weighted by Gasteiger charge is -1.74. The van der Waals surface area contributed by atoms with Crippen molar-refractivity contribution in [2.75, 3.05) is 0 Å². The van der Waals surface area contributed by atoms with Crippen LogP contribution < -0.4 is 0 Å². The molecule has 0 aliphatic heterocycles. The molecule has 82 valence electrons. The summed E-state index contributed by atoms with van der Waals surface area (Å²) in [6.07, 6.45) is 0. The first-order valence-corrected chi connectivity index (χ1v) is 7.73. The van der Waals surface area contributed by atoms with Gasteiger partial charge in [-0.1, -0.05) is 27.7 Å². The lowest BCUT2D eigenvalue weighted by atomic mass is 10.9. The van der Waals surface area contributed by atoms with E-state index in [-0.39, 0.29) is 37.2 Å². The van der Waals surface area contributed by atoms with Crippen molar-refractivity contribution in [1.82, 2.24) is 0 Å². The van der Waals surface area contributed by atoms with Crippen molar-refractivity contribution in [3.05, 3.63) is 0 Å². The highest BCUT2D eigenvalue weighted by Gasteiger charge is 1.75. The first kappa shape index (κ1) is 29.4. The monoisotopic (exact) mass is 278 g/mol. The number of rotatable bonds is 4. The van der Waals surface area contributed by atoms with Crippen molar-refractivity contribution < 1.29 is 0 Å². The summed E-state index contributed by atoms with van der Waals surface area (Å²) in [5, 5.41) is 5.71. The molecule has 0 atom stereocenters. The highest BCUT2D eigenvalue weighted by molar-refractivity contribution is 6.35. The Morgan fingerprint density at radius 1 is 0.538 bits per heavy atom. The minimum atomic E-state index is 0. The van der Waals surface area contributed by atoms with Gasteiger partial charge in [0.1, 0.15) is 0 Å². The van der Waals surface area contributed by atoms with Crippen molar-refractivity contribution in [2.45, 2.75) is 48.8 Å². The molecule has 0 unspecified atom stereocenters. The molecular formula is C8H23Al2Cl3. The molecule has 0 aliphatic rings. The van der Waals surface area contributed by atoms with E-state index in [0.29, 0.717) is 0 Å². The second kappa shape index (κ2) is 37.0. The quantitative estimate of drug-likeness (QED) is 0.669. The Labute approximate surface area is 116 Å². The molecule has 13 heavy (non-hydrogen) atoms. The van der Waals surface area contributed by atoms with Crippen LogP contribution in [0.1, 0.15) is 27.7 Å². The summed E-state index contributed by atoms with van der Waals surface area (Å²) in [6, 6.07) is 0. The largest absolute Gasteiger partial charge is 0.198 e. The lowest BCUT2D eigenvalue weighted by Crippen LogP contribution is -1.76. The highest BCUT2D eigenvalue weighted by atomic mass is 35.5. The fourth-order valence-electron chi connectivity index (χ4n) is 0.577. The Hall–Kier alpha value is 1.93. The van der Waals surface area contributed by atoms with Gasteiger partial charge in [0.25, 0.3) is 0 Å². The predicted molar refractivity (Wildman–Crippen MR) is 75.2 cm³/mol. The van der Waals surface area contributed by atoms with Crippen LogP contribution in [0.2, 0.25) is 21.1 Å². The Balaban J connectivity index is -0.0000000267. The van der Waals surface area contributed by atoms with Gasteiger partial charge in [-0.25, -0.2) is 0 Å². The molecule has 0 amide bonds. The first-order chi connectivity index (χ1) is 4.83. The Kier molecular flexibility index (Phi) is 83.7. The van der Waals surface area contributed by atoms with Crippen molar-refractivity contribution >= 4 is 67.7 Å². The highest BCUT2D eigenvalue weighted by Crippen LogP contribution is 1.77. The summed E-state index contributed by atoms with van der Waals surface area (Å²) in [4.78, 5) is 0. The average Bonchev–Trinajstić information content (AvgIpc) is 1.93. The van der Waals surface area contributed by atoms with Crippen LogP contribution in [-0.2, 0) is 0 Å². The zero-order valence-electron chi connectivity index (χ0n) is 9.21. The van der Waals surface area contributed by atoms with Gasteiger partial charge in [0.2, 0.25) is 0 Å². The van der Waals surface area contributed by atoms with Crippen LogP contribution in [0.15, 0.2) is 0 Å². The van der Waals surface area contributed by atoms with Gasteiger partial charge in [0, 0.05) is 0 Å². The van der Waals surface area contributed by atoms with Crippen molar-refractivity contribution in [2.24, 2.45) is 0 Å². The summed E-state index contributed by atoms with van der Waals surface area (Å²) in [5.74, 6) is 0. The molecule has 0 aliphatic carbocycles. The standard InChI is InChI=1S/4C2H5.2Al.3ClH/c4*1-2;;;;;/h4*1H2,2H3;;;3*1H. The van der Waals surface area contributed by atoms with E-state index in [1.807, 2.05) is 0 Å². The molecule has 0 spiro atoms. The van der Waals surface area contributed by atoms with E-state index in [9.17, 15) is 0 Å². The molecule has 0 nitrogen and oxygen atoms in total. The number of hydrogen-bond acceptors (Lipinski definition) is 0. The molecule has 0 bridgehead atoms. The molecule has 0 saturated heterocycles. The Bertz CT molecular complexity index is 38.4. The van der Waals surface area contributed by atoms with Crippen molar-refractivity contribution in [1.29, 1.82) is 0 Å². The summed E-state index contributed by atoms with van der Waals surface area (Å²) in [6.45, 7) is 9.00. The van der Waals surface area contributed by atoms with Crippen LogP contribution in [0.3, 0.4) is 0 Å². The minimum absolute atomic E-state index is 0. The van der Waals surface area contributed by atoms with Crippen LogP contribution in [-0.4, -0.2) is 30.4 Å². The first-order valence-electron chi connectivity index (χ1n) is 4.46. The molecule has 0 aromatic carbocycles. The third-order valence-corrected chi connectivity index (χ3v) is 3.46. The van der Waals surface area contributed by atoms with Gasteiger partial charge in [0.15, 0.2) is 30.4 Å². The van der Waals surface area contributed by atoms with E-state index in [4.69, 9.17) is 0 Å². The van der Waals surface area contributed by atoms with Crippen LogP contribution >= 0.6 is 37.2 Å². The smallest absolute Gasteiger partial charge is 0.147 e.